The number of aryl methyl sites for hydroxylation is 1. The van der Waals surface area contributed by atoms with Gasteiger partial charge in [0.05, 0.1) is 17.8 Å². The number of nitrogens with zero attached hydrogens (tertiary/aromatic N) is 2. The zero-order chi connectivity index (χ0) is 20.5. The van der Waals surface area contributed by atoms with Gasteiger partial charge in [-0.15, -0.1) is 11.3 Å². The Morgan fingerprint density at radius 2 is 1.93 bits per heavy atom. The van der Waals surface area contributed by atoms with Gasteiger partial charge in [0, 0.05) is 21.7 Å². The molecule has 0 aliphatic carbocycles. The Morgan fingerprint density at radius 3 is 2.55 bits per heavy atom. The number of aromatic nitrogens is 1. The van der Waals surface area contributed by atoms with E-state index in [9.17, 15) is 14.7 Å². The number of pyridine rings is 1. The Balaban J connectivity index is 1.86. The lowest BCUT2D eigenvalue weighted by molar-refractivity contribution is -0.140. The Bertz CT molecular complexity index is 1110. The van der Waals surface area contributed by atoms with E-state index < -0.39 is 17.7 Å². The molecule has 3 heterocycles. The summed E-state index contributed by atoms with van der Waals surface area (Å²) in [6.45, 7) is 2.10. The lowest BCUT2D eigenvalue weighted by Crippen LogP contribution is -2.29. The van der Waals surface area contributed by atoms with Crippen LogP contribution in [0.1, 0.15) is 27.7 Å². The molecular formula is C22H17ClN2O3S. The normalized spacial score (nSPS) is 18.4. The highest BCUT2D eigenvalue weighted by Gasteiger charge is 2.47. The monoisotopic (exact) mass is 424 g/mol. The third-order valence-corrected chi connectivity index (χ3v) is 6.19. The van der Waals surface area contributed by atoms with E-state index in [-0.39, 0.29) is 17.9 Å². The number of amides is 1. The van der Waals surface area contributed by atoms with Crippen molar-refractivity contribution in [3.05, 3.63) is 92.4 Å². The Morgan fingerprint density at radius 1 is 1.17 bits per heavy atom. The van der Waals surface area contributed by atoms with Gasteiger partial charge in [-0.1, -0.05) is 17.7 Å². The molecule has 2 aromatic heterocycles. The number of hydrogen-bond donors (Lipinski definition) is 1. The van der Waals surface area contributed by atoms with Crippen LogP contribution in [0.4, 0.5) is 0 Å². The second-order valence-electron chi connectivity index (χ2n) is 6.72. The quantitative estimate of drug-likeness (QED) is 0.373. The van der Waals surface area contributed by atoms with E-state index in [1.54, 1.807) is 42.6 Å². The molecule has 1 unspecified atom stereocenters. The summed E-state index contributed by atoms with van der Waals surface area (Å²) in [4.78, 5) is 32.5. The molecule has 4 rings (SSSR count). The molecule has 1 amide bonds. The smallest absolute Gasteiger partial charge is 0.296 e. The average molecular weight is 425 g/mol. The highest BCUT2D eigenvalue weighted by molar-refractivity contribution is 7.10. The number of aliphatic hydroxyl groups excluding tert-OH is 1. The number of halogens is 1. The third kappa shape index (κ3) is 3.57. The first-order valence-corrected chi connectivity index (χ1v) is 10.2. The van der Waals surface area contributed by atoms with Crippen LogP contribution in [0, 0.1) is 6.92 Å². The van der Waals surface area contributed by atoms with E-state index in [0.29, 0.717) is 16.3 Å². The van der Waals surface area contributed by atoms with Crippen LogP contribution in [0.3, 0.4) is 0 Å². The van der Waals surface area contributed by atoms with Crippen molar-refractivity contribution in [1.82, 2.24) is 9.88 Å². The summed E-state index contributed by atoms with van der Waals surface area (Å²) in [6.07, 6.45) is 1.64. The van der Waals surface area contributed by atoms with Gasteiger partial charge < -0.3 is 10.0 Å². The number of carbonyl (C=O) groups is 2. The van der Waals surface area contributed by atoms with Crippen molar-refractivity contribution in [2.45, 2.75) is 19.5 Å². The molecule has 7 heteroatoms. The lowest BCUT2D eigenvalue weighted by atomic mass is 9.98. The van der Waals surface area contributed by atoms with Gasteiger partial charge in [0.25, 0.3) is 11.7 Å². The van der Waals surface area contributed by atoms with Crippen LogP contribution >= 0.6 is 22.9 Å². The molecule has 1 N–H and O–H groups in total. The van der Waals surface area contributed by atoms with E-state index in [0.717, 1.165) is 10.4 Å². The minimum absolute atomic E-state index is 0.0822. The molecule has 0 radical (unpaired) electrons. The first kappa shape index (κ1) is 19.4. The number of hydrogen-bond acceptors (Lipinski definition) is 5. The van der Waals surface area contributed by atoms with Gasteiger partial charge in [-0.25, -0.2) is 0 Å². The van der Waals surface area contributed by atoms with E-state index in [4.69, 9.17) is 11.6 Å². The molecule has 1 aliphatic rings. The summed E-state index contributed by atoms with van der Waals surface area (Å²) in [7, 11) is 0. The minimum atomic E-state index is -0.703. The number of carbonyl (C=O) groups excluding carboxylic acids is 2. The van der Waals surface area contributed by atoms with Crippen LogP contribution in [0.25, 0.3) is 5.76 Å². The standard InChI is InChI=1S/C22H17ClN2O3S/c1-13-9-11-29-21(13)18-17(19(26)14-5-7-15(23)8-6-14)20(27)22(28)25(18)12-16-4-2-3-10-24-16/h2-11,18,26H,12H2,1H3/b19-17-. The van der Waals surface area contributed by atoms with Crippen molar-refractivity contribution in [2.24, 2.45) is 0 Å². The van der Waals surface area contributed by atoms with E-state index >= 15 is 0 Å². The molecular weight excluding hydrogens is 408 g/mol. The number of ketones is 1. The number of benzene rings is 1. The molecule has 0 saturated carbocycles. The first-order chi connectivity index (χ1) is 14.0. The largest absolute Gasteiger partial charge is 0.507 e. The summed E-state index contributed by atoms with van der Waals surface area (Å²) in [5.41, 5.74) is 2.14. The molecule has 1 saturated heterocycles. The highest BCUT2D eigenvalue weighted by Crippen LogP contribution is 2.43. The van der Waals surface area contributed by atoms with Crippen LogP contribution in [-0.4, -0.2) is 26.7 Å². The Kier molecular flexibility index (Phi) is 5.22. The molecule has 1 aromatic carbocycles. The molecule has 1 fully saturated rings. The first-order valence-electron chi connectivity index (χ1n) is 8.95. The van der Waals surface area contributed by atoms with Gasteiger partial charge >= 0.3 is 0 Å². The maximum absolute atomic E-state index is 13.0. The number of likely N-dealkylation sites (tertiary alicyclic amines) is 1. The van der Waals surface area contributed by atoms with Crippen LogP contribution in [0.15, 0.2) is 65.7 Å². The average Bonchev–Trinajstić information content (AvgIpc) is 3.25. The Labute approximate surface area is 176 Å². The lowest BCUT2D eigenvalue weighted by Gasteiger charge is -2.24. The van der Waals surface area contributed by atoms with Crippen molar-refractivity contribution in [3.63, 3.8) is 0 Å². The predicted molar refractivity (Wildman–Crippen MR) is 113 cm³/mol. The van der Waals surface area contributed by atoms with Gasteiger partial charge in [-0.2, -0.15) is 0 Å². The summed E-state index contributed by atoms with van der Waals surface area (Å²) in [5.74, 6) is -1.56. The van der Waals surface area contributed by atoms with Gasteiger partial charge in [-0.3, -0.25) is 14.6 Å². The minimum Gasteiger partial charge on any atom is -0.507 e. The molecule has 146 valence electrons. The summed E-state index contributed by atoms with van der Waals surface area (Å²) in [6, 6.07) is 13.2. The maximum Gasteiger partial charge on any atom is 0.296 e. The second-order valence-corrected chi connectivity index (χ2v) is 8.11. The van der Waals surface area contributed by atoms with E-state index in [2.05, 4.69) is 4.98 Å². The molecule has 5 nitrogen and oxygen atoms in total. The molecule has 1 atom stereocenters. The fourth-order valence-corrected chi connectivity index (χ4v) is 4.58. The SMILES string of the molecule is Cc1ccsc1C1/C(=C(/O)c2ccc(Cl)cc2)C(=O)C(=O)N1Cc1ccccn1. The summed E-state index contributed by atoms with van der Waals surface area (Å²) >= 11 is 7.39. The number of thiophene rings is 1. The zero-order valence-corrected chi connectivity index (χ0v) is 17.1. The van der Waals surface area contributed by atoms with Crippen molar-refractivity contribution in [2.75, 3.05) is 0 Å². The number of Topliss-reactive ketones (excluding diaryl/α,β-unsaturated/α-hetero) is 1. The molecule has 3 aromatic rings. The zero-order valence-electron chi connectivity index (χ0n) is 15.5. The Hall–Kier alpha value is -2.96. The van der Waals surface area contributed by atoms with Crippen LogP contribution in [0.5, 0.6) is 0 Å². The second kappa shape index (κ2) is 7.81. The third-order valence-electron chi connectivity index (χ3n) is 4.87. The maximum atomic E-state index is 13.0. The predicted octanol–water partition coefficient (Wildman–Crippen LogP) is 4.73. The van der Waals surface area contributed by atoms with Crippen LogP contribution in [-0.2, 0) is 16.1 Å². The van der Waals surface area contributed by atoms with Crippen LogP contribution in [0.2, 0.25) is 5.02 Å². The van der Waals surface area contributed by atoms with E-state index in [1.165, 1.54) is 16.2 Å². The van der Waals surface area contributed by atoms with Gasteiger partial charge in [0.1, 0.15) is 11.8 Å². The molecule has 0 spiro atoms. The topological polar surface area (TPSA) is 70.5 Å². The number of rotatable bonds is 4. The van der Waals surface area contributed by atoms with Crippen molar-refractivity contribution < 1.29 is 14.7 Å². The van der Waals surface area contributed by atoms with E-state index in [1.807, 2.05) is 24.4 Å². The number of aliphatic hydroxyl groups is 1. The molecule has 29 heavy (non-hydrogen) atoms. The van der Waals surface area contributed by atoms with Crippen molar-refractivity contribution in [3.8, 4) is 0 Å². The fourth-order valence-electron chi connectivity index (χ4n) is 3.41. The molecule has 1 aliphatic heterocycles. The van der Waals surface area contributed by atoms with Gasteiger partial charge in [-0.05, 0) is 60.3 Å². The van der Waals surface area contributed by atoms with Crippen LogP contribution < -0.4 is 0 Å². The van der Waals surface area contributed by atoms with Crippen molar-refractivity contribution in [1.29, 1.82) is 0 Å². The summed E-state index contributed by atoms with van der Waals surface area (Å²) < 4.78 is 0. The molecule has 0 bridgehead atoms. The summed E-state index contributed by atoms with van der Waals surface area (Å²) in [5, 5.41) is 13.4. The van der Waals surface area contributed by atoms with Crippen molar-refractivity contribution >= 4 is 40.4 Å². The van der Waals surface area contributed by atoms with Gasteiger partial charge in [0.2, 0.25) is 0 Å². The fraction of sp³-hybridized carbons (Fsp3) is 0.136. The van der Waals surface area contributed by atoms with Gasteiger partial charge in [0.15, 0.2) is 0 Å². The highest BCUT2D eigenvalue weighted by atomic mass is 35.5.